The highest BCUT2D eigenvalue weighted by molar-refractivity contribution is 7.09. The van der Waals surface area contributed by atoms with E-state index in [4.69, 9.17) is 0 Å². The number of nitrogens with zero attached hydrogens (tertiary/aromatic N) is 2. The molecule has 0 unspecified atom stereocenters. The first-order chi connectivity index (χ1) is 11.3. The first kappa shape index (κ1) is 15.2. The van der Waals surface area contributed by atoms with Crippen LogP contribution in [0.5, 0.6) is 0 Å². The topological polar surface area (TPSA) is 66.9 Å². The number of carbonyl (C=O) groups excluding carboxylic acids is 1. The maximum absolute atomic E-state index is 11.6. The minimum absolute atomic E-state index is 0.0888. The monoisotopic (exact) mass is 324 g/mol. The predicted octanol–water partition coefficient (Wildman–Crippen LogP) is 3.18. The number of hydrogen-bond acceptors (Lipinski definition) is 5. The van der Waals surface area contributed by atoms with Crippen molar-refractivity contribution in [2.45, 2.75) is 6.54 Å². The maximum Gasteiger partial charge on any atom is 0.251 e. The Kier molecular flexibility index (Phi) is 4.63. The quantitative estimate of drug-likeness (QED) is 0.756. The zero-order valence-corrected chi connectivity index (χ0v) is 13.4. The molecule has 0 fully saturated rings. The predicted molar refractivity (Wildman–Crippen MR) is 92.5 cm³/mol. The summed E-state index contributed by atoms with van der Waals surface area (Å²) in [5.41, 5.74) is 2.66. The van der Waals surface area contributed by atoms with Gasteiger partial charge in [0.25, 0.3) is 5.91 Å². The molecule has 3 rings (SSSR count). The molecule has 2 aromatic carbocycles. The summed E-state index contributed by atoms with van der Waals surface area (Å²) < 4.78 is 4.36. The Hall–Kier alpha value is -2.73. The van der Waals surface area contributed by atoms with Crippen LogP contribution in [-0.2, 0) is 6.54 Å². The third-order valence-electron chi connectivity index (χ3n) is 3.32. The van der Waals surface area contributed by atoms with Gasteiger partial charge in [-0.25, -0.2) is 0 Å². The van der Waals surface area contributed by atoms with Gasteiger partial charge >= 0.3 is 0 Å². The number of carbonyl (C=O) groups is 1. The molecule has 0 aliphatic heterocycles. The minimum Gasteiger partial charge on any atom is -0.356 e. The van der Waals surface area contributed by atoms with Gasteiger partial charge in [0.15, 0.2) is 5.82 Å². The number of amides is 1. The van der Waals surface area contributed by atoms with Crippen molar-refractivity contribution >= 4 is 22.6 Å². The van der Waals surface area contributed by atoms with Gasteiger partial charge < -0.3 is 10.6 Å². The molecule has 1 aromatic heterocycles. The zero-order chi connectivity index (χ0) is 16.1. The molecule has 6 heteroatoms. The van der Waals surface area contributed by atoms with Gasteiger partial charge in [0, 0.05) is 36.3 Å². The van der Waals surface area contributed by atoms with Crippen LogP contribution < -0.4 is 10.6 Å². The number of benzene rings is 2. The lowest BCUT2D eigenvalue weighted by Gasteiger charge is -2.05. The molecule has 0 spiro atoms. The lowest BCUT2D eigenvalue weighted by atomic mass is 10.1. The van der Waals surface area contributed by atoms with Gasteiger partial charge in [-0.2, -0.15) is 9.36 Å². The largest absolute Gasteiger partial charge is 0.356 e. The van der Waals surface area contributed by atoms with E-state index in [1.54, 1.807) is 13.1 Å². The molecular formula is C17H16N4OS. The number of aromatic nitrogens is 2. The van der Waals surface area contributed by atoms with Gasteiger partial charge in [0.2, 0.25) is 5.13 Å². The number of nitrogens with one attached hydrogen (secondary N) is 2. The van der Waals surface area contributed by atoms with E-state index in [2.05, 4.69) is 20.0 Å². The van der Waals surface area contributed by atoms with Crippen LogP contribution in [0.3, 0.4) is 0 Å². The summed E-state index contributed by atoms with van der Waals surface area (Å²) in [4.78, 5) is 16.1. The first-order valence-electron chi connectivity index (χ1n) is 7.20. The molecule has 0 bridgehead atoms. The second-order valence-corrected chi connectivity index (χ2v) is 5.67. The van der Waals surface area contributed by atoms with E-state index in [1.165, 1.54) is 11.5 Å². The Labute approximate surface area is 138 Å². The van der Waals surface area contributed by atoms with Crippen LogP contribution in [-0.4, -0.2) is 22.3 Å². The van der Waals surface area contributed by atoms with Gasteiger partial charge in [0.05, 0.1) is 0 Å². The number of hydrogen-bond donors (Lipinski definition) is 2. The van der Waals surface area contributed by atoms with Crippen LogP contribution in [0.15, 0.2) is 54.6 Å². The van der Waals surface area contributed by atoms with E-state index in [0.29, 0.717) is 12.1 Å². The molecule has 0 saturated heterocycles. The van der Waals surface area contributed by atoms with Crippen molar-refractivity contribution in [1.29, 1.82) is 0 Å². The Morgan fingerprint density at radius 1 is 1.13 bits per heavy atom. The molecular weight excluding hydrogens is 308 g/mol. The lowest BCUT2D eigenvalue weighted by Crippen LogP contribution is -2.17. The summed E-state index contributed by atoms with van der Waals surface area (Å²) in [6.07, 6.45) is 0. The van der Waals surface area contributed by atoms with E-state index in [1.807, 2.05) is 48.5 Å². The average Bonchev–Trinajstić information content (AvgIpc) is 3.09. The summed E-state index contributed by atoms with van der Waals surface area (Å²) in [6.45, 7) is 0.592. The summed E-state index contributed by atoms with van der Waals surface area (Å²) in [5.74, 6) is 0.631. The molecule has 0 radical (unpaired) electrons. The standard InChI is InChI=1S/C17H16N4OS/c1-18-16(22)14-9-5-6-12(10-14)11-19-17-20-15(21-23-17)13-7-3-2-4-8-13/h2-10H,11H2,1H3,(H,18,22)(H,19,20,21). The van der Waals surface area contributed by atoms with Gasteiger partial charge in [-0.3, -0.25) is 4.79 Å². The highest BCUT2D eigenvalue weighted by Crippen LogP contribution is 2.21. The highest BCUT2D eigenvalue weighted by atomic mass is 32.1. The fourth-order valence-corrected chi connectivity index (χ4v) is 2.73. The fourth-order valence-electron chi connectivity index (χ4n) is 2.14. The van der Waals surface area contributed by atoms with Crippen LogP contribution >= 0.6 is 11.5 Å². The Bertz CT molecular complexity index is 801. The molecule has 0 atom stereocenters. The second kappa shape index (κ2) is 7.02. The fraction of sp³-hybridized carbons (Fsp3) is 0.118. The Morgan fingerprint density at radius 2 is 1.96 bits per heavy atom. The molecule has 116 valence electrons. The molecule has 1 heterocycles. The van der Waals surface area contributed by atoms with Crippen molar-refractivity contribution in [2.75, 3.05) is 12.4 Å². The summed E-state index contributed by atoms with van der Waals surface area (Å²) >= 11 is 1.33. The van der Waals surface area contributed by atoms with Crippen molar-refractivity contribution in [3.63, 3.8) is 0 Å². The van der Waals surface area contributed by atoms with Crippen LogP contribution in [0.1, 0.15) is 15.9 Å². The zero-order valence-electron chi connectivity index (χ0n) is 12.6. The maximum atomic E-state index is 11.6. The molecule has 3 aromatic rings. The van der Waals surface area contributed by atoms with E-state index < -0.39 is 0 Å². The van der Waals surface area contributed by atoms with Gasteiger partial charge in [-0.05, 0) is 17.7 Å². The van der Waals surface area contributed by atoms with Gasteiger partial charge in [-0.15, -0.1) is 0 Å². The Morgan fingerprint density at radius 3 is 2.74 bits per heavy atom. The van der Waals surface area contributed by atoms with E-state index >= 15 is 0 Å². The van der Waals surface area contributed by atoms with Crippen molar-refractivity contribution in [1.82, 2.24) is 14.7 Å². The van der Waals surface area contributed by atoms with E-state index in [0.717, 1.165) is 22.1 Å². The average molecular weight is 324 g/mol. The normalized spacial score (nSPS) is 10.3. The van der Waals surface area contributed by atoms with Gasteiger partial charge in [0.1, 0.15) is 0 Å². The molecule has 0 saturated carbocycles. The second-order valence-electron chi connectivity index (χ2n) is 4.92. The van der Waals surface area contributed by atoms with Gasteiger partial charge in [-0.1, -0.05) is 42.5 Å². The molecule has 0 aliphatic rings. The summed E-state index contributed by atoms with van der Waals surface area (Å²) in [5, 5.41) is 6.63. The van der Waals surface area contributed by atoms with Crippen LogP contribution in [0.2, 0.25) is 0 Å². The van der Waals surface area contributed by atoms with Crippen molar-refractivity contribution in [3.8, 4) is 11.4 Å². The molecule has 2 N–H and O–H groups in total. The van der Waals surface area contributed by atoms with Crippen molar-refractivity contribution in [2.24, 2.45) is 0 Å². The molecule has 0 aliphatic carbocycles. The third kappa shape index (κ3) is 3.73. The smallest absolute Gasteiger partial charge is 0.251 e. The first-order valence-corrected chi connectivity index (χ1v) is 7.97. The Balaban J connectivity index is 1.67. The number of anilines is 1. The van der Waals surface area contributed by atoms with Crippen LogP contribution in [0.25, 0.3) is 11.4 Å². The molecule has 5 nitrogen and oxygen atoms in total. The molecule has 23 heavy (non-hydrogen) atoms. The van der Waals surface area contributed by atoms with Crippen molar-refractivity contribution in [3.05, 3.63) is 65.7 Å². The highest BCUT2D eigenvalue weighted by Gasteiger charge is 2.07. The van der Waals surface area contributed by atoms with E-state index in [9.17, 15) is 4.79 Å². The van der Waals surface area contributed by atoms with Crippen LogP contribution in [0.4, 0.5) is 5.13 Å². The lowest BCUT2D eigenvalue weighted by molar-refractivity contribution is 0.0963. The molecule has 1 amide bonds. The SMILES string of the molecule is CNC(=O)c1cccc(CNc2nc(-c3ccccc3)ns2)c1. The van der Waals surface area contributed by atoms with Crippen LogP contribution in [0, 0.1) is 0 Å². The summed E-state index contributed by atoms with van der Waals surface area (Å²) in [6, 6.07) is 17.4. The summed E-state index contributed by atoms with van der Waals surface area (Å²) in [7, 11) is 1.62. The number of rotatable bonds is 5. The minimum atomic E-state index is -0.0888. The van der Waals surface area contributed by atoms with Crippen molar-refractivity contribution < 1.29 is 4.79 Å². The third-order valence-corrected chi connectivity index (χ3v) is 3.99. The van der Waals surface area contributed by atoms with E-state index in [-0.39, 0.29) is 5.91 Å².